The van der Waals surface area contributed by atoms with E-state index >= 15 is 0 Å². The lowest BCUT2D eigenvalue weighted by molar-refractivity contribution is -0.0498. The maximum absolute atomic E-state index is 12.2. The van der Waals surface area contributed by atoms with Gasteiger partial charge >= 0.3 is 6.61 Å². The summed E-state index contributed by atoms with van der Waals surface area (Å²) < 4.78 is 28.8. The number of aryl methyl sites for hydroxylation is 1. The van der Waals surface area contributed by atoms with Gasteiger partial charge < -0.3 is 4.74 Å². The molecule has 24 heavy (non-hydrogen) atoms. The Balaban J connectivity index is 1.84. The molecule has 0 saturated carbocycles. The van der Waals surface area contributed by atoms with Crippen LogP contribution in [0.1, 0.15) is 25.3 Å². The zero-order valence-corrected chi connectivity index (χ0v) is 13.6. The van der Waals surface area contributed by atoms with Crippen molar-refractivity contribution in [3.63, 3.8) is 0 Å². The molecule has 0 spiro atoms. The van der Waals surface area contributed by atoms with Gasteiger partial charge in [-0.15, -0.1) is 0 Å². The van der Waals surface area contributed by atoms with Crippen LogP contribution in [0, 0.1) is 0 Å². The van der Waals surface area contributed by atoms with Gasteiger partial charge in [0.1, 0.15) is 5.75 Å². The van der Waals surface area contributed by atoms with Crippen molar-refractivity contribution >= 4 is 10.8 Å². The second kappa shape index (κ2) is 7.43. The number of fused-ring (bicyclic) bond motifs is 1. The molecule has 0 bridgehead atoms. The average molecular weight is 326 g/mol. The highest BCUT2D eigenvalue weighted by Gasteiger charge is 2.05. The number of hydrogen-bond donors (Lipinski definition) is 0. The number of unbranched alkanes of at least 4 members (excludes halogenated alkanes) is 1. The molecule has 0 saturated heterocycles. The molecule has 0 amide bonds. The number of hydrogen-bond acceptors (Lipinski definition) is 1. The SMILES string of the molecule is CCCCc1ccc2cc(-c3ccc(OC(F)F)cc3)ccc2c1. The molecule has 0 aliphatic carbocycles. The Kier molecular flexibility index (Phi) is 5.09. The molecule has 0 N–H and O–H groups in total. The van der Waals surface area contributed by atoms with Crippen LogP contribution in [0.3, 0.4) is 0 Å². The molecular weight excluding hydrogens is 306 g/mol. The van der Waals surface area contributed by atoms with Crippen LogP contribution in [-0.4, -0.2) is 6.61 Å². The van der Waals surface area contributed by atoms with Crippen molar-refractivity contribution < 1.29 is 13.5 Å². The first-order valence-corrected chi connectivity index (χ1v) is 8.23. The standard InChI is InChI=1S/C21H20F2O/c1-2-3-4-15-5-6-19-14-18(8-7-17(19)13-15)16-9-11-20(12-10-16)24-21(22)23/h5-14,21H,2-4H2,1H3. The molecule has 3 rings (SSSR count). The summed E-state index contributed by atoms with van der Waals surface area (Å²) in [6.07, 6.45) is 3.51. The van der Waals surface area contributed by atoms with Crippen LogP contribution >= 0.6 is 0 Å². The monoisotopic (exact) mass is 326 g/mol. The molecule has 0 aliphatic rings. The van der Waals surface area contributed by atoms with Crippen LogP contribution in [-0.2, 0) is 6.42 Å². The first kappa shape index (κ1) is 16.4. The van der Waals surface area contributed by atoms with Gasteiger partial charge in [-0.3, -0.25) is 0 Å². The van der Waals surface area contributed by atoms with Crippen LogP contribution in [0.5, 0.6) is 5.75 Å². The van der Waals surface area contributed by atoms with Crippen LogP contribution in [0.4, 0.5) is 8.78 Å². The van der Waals surface area contributed by atoms with E-state index in [0.29, 0.717) is 0 Å². The van der Waals surface area contributed by atoms with Crippen molar-refractivity contribution in [2.45, 2.75) is 32.8 Å². The lowest BCUT2D eigenvalue weighted by Gasteiger charge is -2.08. The molecule has 0 atom stereocenters. The Morgan fingerprint density at radius 1 is 0.833 bits per heavy atom. The number of rotatable bonds is 6. The summed E-state index contributed by atoms with van der Waals surface area (Å²) in [5.74, 6) is 0.176. The van der Waals surface area contributed by atoms with Gasteiger partial charge in [-0.25, -0.2) is 0 Å². The summed E-state index contributed by atoms with van der Waals surface area (Å²) in [5, 5.41) is 2.41. The summed E-state index contributed by atoms with van der Waals surface area (Å²) in [7, 11) is 0. The van der Waals surface area contributed by atoms with Gasteiger partial charge in [-0.05, 0) is 58.5 Å². The normalized spacial score (nSPS) is 11.2. The Labute approximate surface area is 140 Å². The van der Waals surface area contributed by atoms with Gasteiger partial charge in [-0.2, -0.15) is 8.78 Å². The number of alkyl halides is 2. The first-order valence-electron chi connectivity index (χ1n) is 8.23. The number of benzene rings is 3. The van der Waals surface area contributed by atoms with E-state index in [-0.39, 0.29) is 5.75 Å². The third-order valence-electron chi connectivity index (χ3n) is 4.14. The molecule has 0 fully saturated rings. The second-order valence-electron chi connectivity index (χ2n) is 5.90. The second-order valence-corrected chi connectivity index (χ2v) is 5.90. The van der Waals surface area contributed by atoms with Crippen molar-refractivity contribution in [3.05, 3.63) is 66.2 Å². The third-order valence-corrected chi connectivity index (χ3v) is 4.14. The predicted octanol–water partition coefficient (Wildman–Crippen LogP) is 6.45. The number of ether oxygens (including phenoxy) is 1. The van der Waals surface area contributed by atoms with Crippen molar-refractivity contribution in [2.75, 3.05) is 0 Å². The summed E-state index contributed by atoms with van der Waals surface area (Å²) in [6, 6.07) is 19.6. The van der Waals surface area contributed by atoms with Gasteiger partial charge in [0.25, 0.3) is 0 Å². The first-order chi connectivity index (χ1) is 11.7. The molecule has 124 valence electrons. The summed E-state index contributed by atoms with van der Waals surface area (Å²) in [6.45, 7) is -0.594. The predicted molar refractivity (Wildman–Crippen MR) is 94.6 cm³/mol. The van der Waals surface area contributed by atoms with Crippen molar-refractivity contribution in [1.82, 2.24) is 0 Å². The maximum Gasteiger partial charge on any atom is 0.387 e. The molecule has 0 unspecified atom stereocenters. The maximum atomic E-state index is 12.2. The van der Waals surface area contributed by atoms with E-state index in [0.717, 1.165) is 17.5 Å². The van der Waals surface area contributed by atoms with Gasteiger partial charge in [0, 0.05) is 0 Å². The fourth-order valence-corrected chi connectivity index (χ4v) is 2.84. The van der Waals surface area contributed by atoms with Gasteiger partial charge in [0.05, 0.1) is 0 Å². The third kappa shape index (κ3) is 3.91. The molecule has 0 heterocycles. The van der Waals surface area contributed by atoms with Gasteiger partial charge in [-0.1, -0.05) is 55.8 Å². The van der Waals surface area contributed by atoms with E-state index in [1.165, 1.54) is 29.2 Å². The van der Waals surface area contributed by atoms with E-state index in [9.17, 15) is 8.78 Å². The van der Waals surface area contributed by atoms with Crippen molar-refractivity contribution in [2.24, 2.45) is 0 Å². The van der Waals surface area contributed by atoms with Gasteiger partial charge in [0.2, 0.25) is 0 Å². The highest BCUT2D eigenvalue weighted by atomic mass is 19.3. The topological polar surface area (TPSA) is 9.23 Å². The largest absolute Gasteiger partial charge is 0.435 e. The summed E-state index contributed by atoms with van der Waals surface area (Å²) in [4.78, 5) is 0. The van der Waals surface area contributed by atoms with E-state index < -0.39 is 6.61 Å². The van der Waals surface area contributed by atoms with Crippen molar-refractivity contribution in [3.8, 4) is 16.9 Å². The van der Waals surface area contributed by atoms with E-state index in [2.05, 4.69) is 48.1 Å². The van der Waals surface area contributed by atoms with Crippen LogP contribution in [0.25, 0.3) is 21.9 Å². The average Bonchev–Trinajstić information content (AvgIpc) is 2.59. The van der Waals surface area contributed by atoms with Crippen LogP contribution < -0.4 is 4.74 Å². The zero-order chi connectivity index (χ0) is 16.9. The quantitative estimate of drug-likeness (QED) is 0.506. The highest BCUT2D eigenvalue weighted by molar-refractivity contribution is 5.87. The minimum atomic E-state index is -2.79. The molecule has 3 aromatic carbocycles. The Hall–Kier alpha value is -2.42. The zero-order valence-electron chi connectivity index (χ0n) is 13.6. The lowest BCUT2D eigenvalue weighted by atomic mass is 9.98. The summed E-state index contributed by atoms with van der Waals surface area (Å²) in [5.41, 5.74) is 3.41. The Morgan fingerprint density at radius 2 is 1.50 bits per heavy atom. The smallest absolute Gasteiger partial charge is 0.387 e. The molecule has 1 nitrogen and oxygen atoms in total. The molecular formula is C21H20F2O. The van der Waals surface area contributed by atoms with Crippen LogP contribution in [0.15, 0.2) is 60.7 Å². The Bertz CT molecular complexity index is 810. The lowest BCUT2D eigenvalue weighted by Crippen LogP contribution is -2.01. The van der Waals surface area contributed by atoms with E-state index in [1.807, 2.05) is 0 Å². The van der Waals surface area contributed by atoms with E-state index in [4.69, 9.17) is 0 Å². The molecule has 3 aromatic rings. The fraction of sp³-hybridized carbons (Fsp3) is 0.238. The van der Waals surface area contributed by atoms with Crippen LogP contribution in [0.2, 0.25) is 0 Å². The number of halogens is 2. The summed E-state index contributed by atoms with van der Waals surface area (Å²) >= 11 is 0. The van der Waals surface area contributed by atoms with E-state index in [1.54, 1.807) is 24.3 Å². The molecule has 0 aromatic heterocycles. The highest BCUT2D eigenvalue weighted by Crippen LogP contribution is 2.27. The minimum absolute atomic E-state index is 0.176. The van der Waals surface area contributed by atoms with Gasteiger partial charge in [0.15, 0.2) is 0 Å². The molecule has 3 heteroatoms. The fourth-order valence-electron chi connectivity index (χ4n) is 2.84. The minimum Gasteiger partial charge on any atom is -0.435 e. The van der Waals surface area contributed by atoms with Crippen molar-refractivity contribution in [1.29, 1.82) is 0 Å². The molecule has 0 aliphatic heterocycles. The molecule has 0 radical (unpaired) electrons. The Morgan fingerprint density at radius 3 is 2.21 bits per heavy atom.